The smallest absolute Gasteiger partial charge is 0.421 e. The number of rotatable bonds is 6. The van der Waals surface area contributed by atoms with E-state index in [1.807, 2.05) is 27.7 Å². The average Bonchev–Trinajstić information content (AvgIpc) is 2.86. The van der Waals surface area contributed by atoms with Gasteiger partial charge < -0.3 is 19.8 Å². The zero-order chi connectivity index (χ0) is 22.3. The second-order valence-electron chi connectivity index (χ2n) is 8.51. The van der Waals surface area contributed by atoms with E-state index in [9.17, 15) is 0 Å². The highest BCUT2D eigenvalue weighted by atomic mass is 35.5. The van der Waals surface area contributed by atoms with Crippen molar-refractivity contribution in [2.75, 3.05) is 5.73 Å². The SMILES string of the molecule is CCC(CC)c1nc(Oc2c(Cl)cc(N)cc2Cl)ncc1B1OC(C)(C)C(C)(C)O1. The summed E-state index contributed by atoms with van der Waals surface area (Å²) in [5, 5.41) is 0.588. The quantitative estimate of drug-likeness (QED) is 0.470. The number of benzene rings is 1. The van der Waals surface area contributed by atoms with Crippen LogP contribution >= 0.6 is 23.2 Å². The largest absolute Gasteiger partial charge is 0.498 e. The second-order valence-corrected chi connectivity index (χ2v) is 9.32. The minimum atomic E-state index is -0.552. The van der Waals surface area contributed by atoms with Crippen LogP contribution in [0.2, 0.25) is 10.0 Å². The van der Waals surface area contributed by atoms with Gasteiger partial charge in [0.25, 0.3) is 0 Å². The highest BCUT2D eigenvalue weighted by Crippen LogP contribution is 2.39. The number of anilines is 1. The number of hydrogen-bond acceptors (Lipinski definition) is 6. The van der Waals surface area contributed by atoms with Crippen molar-refractivity contribution in [1.29, 1.82) is 0 Å². The summed E-state index contributed by atoms with van der Waals surface area (Å²) < 4.78 is 18.3. The molecule has 1 aromatic carbocycles. The Bertz CT molecular complexity index is 897. The molecule has 30 heavy (non-hydrogen) atoms. The molecule has 0 bridgehead atoms. The Balaban J connectivity index is 2.01. The lowest BCUT2D eigenvalue weighted by Crippen LogP contribution is -2.41. The molecule has 1 fully saturated rings. The Morgan fingerprint density at radius 3 is 2.10 bits per heavy atom. The van der Waals surface area contributed by atoms with E-state index in [-0.39, 0.29) is 17.7 Å². The number of aromatic nitrogens is 2. The van der Waals surface area contributed by atoms with Gasteiger partial charge >= 0.3 is 13.1 Å². The van der Waals surface area contributed by atoms with E-state index in [2.05, 4.69) is 18.8 Å². The van der Waals surface area contributed by atoms with Crippen molar-refractivity contribution in [3.05, 3.63) is 34.1 Å². The number of halogens is 2. The molecule has 0 amide bonds. The van der Waals surface area contributed by atoms with Crippen LogP contribution in [0.25, 0.3) is 0 Å². The number of nitrogen functional groups attached to an aromatic ring is 1. The van der Waals surface area contributed by atoms with Gasteiger partial charge in [-0.15, -0.1) is 0 Å². The van der Waals surface area contributed by atoms with Gasteiger partial charge in [-0.25, -0.2) is 4.98 Å². The summed E-state index contributed by atoms with van der Waals surface area (Å²) >= 11 is 12.5. The van der Waals surface area contributed by atoms with Crippen LogP contribution in [0.3, 0.4) is 0 Å². The maximum atomic E-state index is 6.25. The summed E-state index contributed by atoms with van der Waals surface area (Å²) in [6.45, 7) is 12.3. The fourth-order valence-corrected chi connectivity index (χ4v) is 3.94. The zero-order valence-corrected chi connectivity index (χ0v) is 19.8. The van der Waals surface area contributed by atoms with Gasteiger partial charge in [-0.3, -0.25) is 0 Å². The molecular formula is C21H28BCl2N3O3. The van der Waals surface area contributed by atoms with E-state index in [1.165, 1.54) is 0 Å². The van der Waals surface area contributed by atoms with E-state index < -0.39 is 18.3 Å². The molecule has 9 heteroatoms. The molecule has 1 aromatic heterocycles. The summed E-state index contributed by atoms with van der Waals surface area (Å²) in [4.78, 5) is 9.10. The van der Waals surface area contributed by atoms with Crippen molar-refractivity contribution in [2.24, 2.45) is 0 Å². The molecule has 1 aliphatic heterocycles. The molecule has 2 heterocycles. The van der Waals surface area contributed by atoms with Gasteiger partial charge in [0.2, 0.25) is 0 Å². The predicted molar refractivity (Wildman–Crippen MR) is 122 cm³/mol. The highest BCUT2D eigenvalue weighted by molar-refractivity contribution is 6.62. The maximum absolute atomic E-state index is 6.25. The first-order valence-electron chi connectivity index (χ1n) is 10.1. The Morgan fingerprint density at radius 1 is 1.07 bits per heavy atom. The molecule has 0 unspecified atom stereocenters. The molecule has 2 aromatic rings. The van der Waals surface area contributed by atoms with Gasteiger partial charge in [0.05, 0.1) is 26.9 Å². The van der Waals surface area contributed by atoms with E-state index in [1.54, 1.807) is 18.3 Å². The van der Waals surface area contributed by atoms with Crippen molar-refractivity contribution >= 4 is 41.5 Å². The Labute approximate surface area is 188 Å². The molecule has 1 saturated heterocycles. The lowest BCUT2D eigenvalue weighted by atomic mass is 9.75. The molecule has 3 rings (SSSR count). The number of nitrogens with two attached hydrogens (primary N) is 1. The number of ether oxygens (including phenoxy) is 1. The third-order valence-corrected chi connectivity index (χ3v) is 6.48. The van der Waals surface area contributed by atoms with Crippen molar-refractivity contribution in [1.82, 2.24) is 9.97 Å². The average molecular weight is 452 g/mol. The van der Waals surface area contributed by atoms with Gasteiger partial charge in [-0.2, -0.15) is 4.98 Å². The van der Waals surface area contributed by atoms with E-state index in [0.717, 1.165) is 24.0 Å². The Morgan fingerprint density at radius 2 is 1.60 bits per heavy atom. The summed E-state index contributed by atoms with van der Waals surface area (Å²) in [5.74, 6) is 0.466. The lowest BCUT2D eigenvalue weighted by molar-refractivity contribution is 0.00578. The molecule has 0 aliphatic carbocycles. The summed E-state index contributed by atoms with van der Waals surface area (Å²) in [6, 6.07) is 3.30. The molecule has 6 nitrogen and oxygen atoms in total. The summed E-state index contributed by atoms with van der Waals surface area (Å²) in [6.07, 6.45) is 3.52. The van der Waals surface area contributed by atoms with Crippen LogP contribution in [0, 0.1) is 0 Å². The fraction of sp³-hybridized carbons (Fsp3) is 0.524. The third-order valence-electron chi connectivity index (χ3n) is 5.92. The normalized spacial score (nSPS) is 17.6. The van der Waals surface area contributed by atoms with Crippen molar-refractivity contribution in [3.8, 4) is 11.8 Å². The molecule has 2 N–H and O–H groups in total. The zero-order valence-electron chi connectivity index (χ0n) is 18.3. The highest BCUT2D eigenvalue weighted by Gasteiger charge is 2.52. The van der Waals surface area contributed by atoms with E-state index in [0.29, 0.717) is 15.7 Å². The first-order valence-corrected chi connectivity index (χ1v) is 10.9. The van der Waals surface area contributed by atoms with E-state index in [4.69, 9.17) is 48.0 Å². The lowest BCUT2D eigenvalue weighted by Gasteiger charge is -2.32. The summed E-state index contributed by atoms with van der Waals surface area (Å²) in [5.41, 5.74) is 6.96. The minimum absolute atomic E-state index is 0.158. The minimum Gasteiger partial charge on any atom is -0.421 e. The standard InChI is InChI=1S/C21H28BCl2N3O3/c1-7-12(8-2)17-14(22-29-20(3,4)21(5,6)30-22)11-26-19(27-17)28-18-15(23)9-13(25)10-16(18)24/h9-12H,7-8,25H2,1-6H3. The van der Waals surface area contributed by atoms with Gasteiger partial charge in [0, 0.05) is 23.3 Å². The monoisotopic (exact) mass is 451 g/mol. The molecule has 0 spiro atoms. The van der Waals surface area contributed by atoms with Crippen LogP contribution in [-0.2, 0) is 9.31 Å². The topological polar surface area (TPSA) is 79.5 Å². The van der Waals surface area contributed by atoms with Gasteiger partial charge in [0.1, 0.15) is 0 Å². The van der Waals surface area contributed by atoms with Crippen molar-refractivity contribution in [3.63, 3.8) is 0 Å². The summed E-state index contributed by atoms with van der Waals surface area (Å²) in [7, 11) is -0.552. The van der Waals surface area contributed by atoms with Crippen LogP contribution in [0.15, 0.2) is 18.3 Å². The van der Waals surface area contributed by atoms with Crippen molar-refractivity contribution in [2.45, 2.75) is 71.5 Å². The van der Waals surface area contributed by atoms with Gasteiger partial charge in [-0.05, 0) is 52.7 Å². The van der Waals surface area contributed by atoms with Crippen LogP contribution in [-0.4, -0.2) is 28.3 Å². The first kappa shape index (κ1) is 23.1. The molecule has 1 aliphatic rings. The van der Waals surface area contributed by atoms with Gasteiger partial charge in [0.15, 0.2) is 5.75 Å². The van der Waals surface area contributed by atoms with Crippen LogP contribution in [0.4, 0.5) is 5.69 Å². The second kappa shape index (κ2) is 8.54. The van der Waals surface area contributed by atoms with Crippen LogP contribution < -0.4 is 15.9 Å². The third kappa shape index (κ3) is 4.40. The number of nitrogens with zero attached hydrogens (tertiary/aromatic N) is 2. The maximum Gasteiger partial charge on any atom is 0.498 e. The molecule has 0 saturated carbocycles. The van der Waals surface area contributed by atoms with Crippen molar-refractivity contribution < 1.29 is 14.0 Å². The van der Waals surface area contributed by atoms with E-state index >= 15 is 0 Å². The van der Waals surface area contributed by atoms with Crippen LogP contribution in [0.1, 0.15) is 66.0 Å². The van der Waals surface area contributed by atoms with Crippen LogP contribution in [0.5, 0.6) is 11.8 Å². The van der Waals surface area contributed by atoms with Gasteiger partial charge in [-0.1, -0.05) is 37.0 Å². The Kier molecular flexibility index (Phi) is 6.58. The molecule has 0 atom stereocenters. The number of hydrogen-bond donors (Lipinski definition) is 1. The molecule has 162 valence electrons. The fourth-order valence-electron chi connectivity index (χ4n) is 3.36. The Hall–Kier alpha value is -1.54. The molecule has 0 radical (unpaired) electrons. The first-order chi connectivity index (χ1) is 14.0. The predicted octanol–water partition coefficient (Wildman–Crippen LogP) is 5.36. The molecular weight excluding hydrogens is 424 g/mol.